The first kappa shape index (κ1) is 14.2. The van der Waals surface area contributed by atoms with Crippen molar-refractivity contribution in [2.75, 3.05) is 5.32 Å². The first-order valence-electron chi connectivity index (χ1n) is 6.09. The lowest BCUT2D eigenvalue weighted by atomic mass is 10.1. The second-order valence-corrected chi connectivity index (χ2v) is 4.25. The smallest absolute Gasteiger partial charge is 0.293 e. The highest BCUT2D eigenvalue weighted by molar-refractivity contribution is 5.91. The minimum Gasteiger partial charge on any atom is -0.321 e. The Morgan fingerprint density at radius 1 is 1.39 bits per heavy atom. The van der Waals surface area contributed by atoms with Crippen molar-refractivity contribution < 1.29 is 9.72 Å². The molecular formula is C13H18N2O3. The maximum absolute atomic E-state index is 11.0. The zero-order chi connectivity index (χ0) is 13.5. The lowest BCUT2D eigenvalue weighted by Gasteiger charge is -2.06. The number of unbranched alkanes of at least 4 members (excludes halogenated alkanes) is 2. The second-order valence-electron chi connectivity index (χ2n) is 4.25. The number of nitrogens with zero attached hydrogens (tertiary/aromatic N) is 1. The van der Waals surface area contributed by atoms with Crippen LogP contribution in [-0.4, -0.2) is 10.8 Å². The van der Waals surface area contributed by atoms with E-state index in [4.69, 9.17) is 0 Å². The van der Waals surface area contributed by atoms with Crippen LogP contribution in [0.3, 0.4) is 0 Å². The summed E-state index contributed by atoms with van der Waals surface area (Å²) in [6.45, 7) is 3.45. The molecule has 0 aliphatic rings. The third-order valence-electron chi connectivity index (χ3n) is 2.64. The molecule has 0 atom stereocenters. The van der Waals surface area contributed by atoms with Gasteiger partial charge < -0.3 is 5.32 Å². The van der Waals surface area contributed by atoms with Gasteiger partial charge in [0.05, 0.1) is 4.92 Å². The summed E-state index contributed by atoms with van der Waals surface area (Å²) < 4.78 is 0. The number of aryl methyl sites for hydroxylation is 1. The Balaban J connectivity index is 2.89. The SMILES string of the molecule is CCCCCc1ccc(NC(C)=O)c([N+](=O)[O-])c1. The van der Waals surface area contributed by atoms with Gasteiger partial charge in [-0.3, -0.25) is 14.9 Å². The number of carbonyl (C=O) groups is 1. The van der Waals surface area contributed by atoms with Crippen molar-refractivity contribution in [3.8, 4) is 0 Å². The van der Waals surface area contributed by atoms with E-state index in [0.717, 1.165) is 31.2 Å². The number of anilines is 1. The molecule has 0 saturated carbocycles. The molecule has 0 heterocycles. The number of nitro groups is 1. The van der Waals surface area contributed by atoms with Gasteiger partial charge in [-0.25, -0.2) is 0 Å². The van der Waals surface area contributed by atoms with Crippen LogP contribution in [0.25, 0.3) is 0 Å². The molecule has 0 aliphatic carbocycles. The molecule has 0 unspecified atom stereocenters. The Kier molecular flexibility index (Phi) is 5.30. The first-order valence-corrected chi connectivity index (χ1v) is 6.09. The third kappa shape index (κ3) is 4.16. The summed E-state index contributed by atoms with van der Waals surface area (Å²) in [4.78, 5) is 21.4. The fourth-order valence-electron chi connectivity index (χ4n) is 1.76. The summed E-state index contributed by atoms with van der Waals surface area (Å²) in [5, 5.41) is 13.4. The van der Waals surface area contributed by atoms with Crippen LogP contribution in [0, 0.1) is 10.1 Å². The Hall–Kier alpha value is -1.91. The predicted octanol–water partition coefficient (Wildman–Crippen LogP) is 3.29. The van der Waals surface area contributed by atoms with Crippen LogP contribution in [-0.2, 0) is 11.2 Å². The number of carbonyl (C=O) groups excluding carboxylic acids is 1. The van der Waals surface area contributed by atoms with Gasteiger partial charge in [-0.05, 0) is 24.5 Å². The van der Waals surface area contributed by atoms with E-state index in [1.54, 1.807) is 12.1 Å². The van der Waals surface area contributed by atoms with Crippen molar-refractivity contribution in [1.29, 1.82) is 0 Å². The van der Waals surface area contributed by atoms with Crippen LogP contribution < -0.4 is 5.32 Å². The molecule has 1 rings (SSSR count). The molecule has 0 aliphatic heterocycles. The van der Waals surface area contributed by atoms with Gasteiger partial charge in [-0.1, -0.05) is 25.8 Å². The molecule has 1 N–H and O–H groups in total. The average molecular weight is 250 g/mol. The van der Waals surface area contributed by atoms with Crippen LogP contribution in [0.15, 0.2) is 18.2 Å². The summed E-state index contributed by atoms with van der Waals surface area (Å²) in [6, 6.07) is 4.97. The zero-order valence-corrected chi connectivity index (χ0v) is 10.7. The molecule has 98 valence electrons. The average Bonchev–Trinajstić information content (AvgIpc) is 2.30. The summed E-state index contributed by atoms with van der Waals surface area (Å²) in [7, 11) is 0. The molecule has 18 heavy (non-hydrogen) atoms. The molecule has 5 heteroatoms. The van der Waals surface area contributed by atoms with Gasteiger partial charge in [-0.15, -0.1) is 0 Å². The van der Waals surface area contributed by atoms with E-state index in [-0.39, 0.29) is 17.3 Å². The maximum atomic E-state index is 11.0. The second kappa shape index (κ2) is 6.74. The Bertz CT molecular complexity index is 444. The molecule has 0 saturated heterocycles. The van der Waals surface area contributed by atoms with Gasteiger partial charge in [0.2, 0.25) is 5.91 Å². The number of hydrogen-bond donors (Lipinski definition) is 1. The van der Waals surface area contributed by atoms with Crippen molar-refractivity contribution in [3.05, 3.63) is 33.9 Å². The highest BCUT2D eigenvalue weighted by Crippen LogP contribution is 2.26. The van der Waals surface area contributed by atoms with Crippen LogP contribution in [0.4, 0.5) is 11.4 Å². The van der Waals surface area contributed by atoms with E-state index in [0.29, 0.717) is 0 Å². The van der Waals surface area contributed by atoms with E-state index in [1.165, 1.54) is 6.92 Å². The molecule has 0 spiro atoms. The van der Waals surface area contributed by atoms with Crippen LogP contribution in [0.1, 0.15) is 38.7 Å². The van der Waals surface area contributed by atoms with E-state index in [2.05, 4.69) is 12.2 Å². The van der Waals surface area contributed by atoms with Crippen LogP contribution in [0.5, 0.6) is 0 Å². The van der Waals surface area contributed by atoms with Gasteiger partial charge in [0.15, 0.2) is 0 Å². The maximum Gasteiger partial charge on any atom is 0.293 e. The van der Waals surface area contributed by atoms with Crippen molar-refractivity contribution in [2.24, 2.45) is 0 Å². The number of nitro benzene ring substituents is 1. The molecule has 0 aromatic heterocycles. The fourth-order valence-corrected chi connectivity index (χ4v) is 1.76. The minimum atomic E-state index is -0.464. The quantitative estimate of drug-likeness (QED) is 0.478. The van der Waals surface area contributed by atoms with E-state index < -0.39 is 4.92 Å². The largest absolute Gasteiger partial charge is 0.321 e. The summed E-state index contributed by atoms with van der Waals surface area (Å²) in [6.07, 6.45) is 4.08. The fraction of sp³-hybridized carbons (Fsp3) is 0.462. The molecule has 5 nitrogen and oxygen atoms in total. The van der Waals surface area contributed by atoms with Crippen molar-refractivity contribution >= 4 is 17.3 Å². The highest BCUT2D eigenvalue weighted by atomic mass is 16.6. The Morgan fingerprint density at radius 3 is 2.67 bits per heavy atom. The molecule has 1 aromatic rings. The van der Waals surface area contributed by atoms with Crippen molar-refractivity contribution in [1.82, 2.24) is 0 Å². The Morgan fingerprint density at radius 2 is 2.11 bits per heavy atom. The van der Waals surface area contributed by atoms with Crippen molar-refractivity contribution in [3.63, 3.8) is 0 Å². The lowest BCUT2D eigenvalue weighted by molar-refractivity contribution is -0.384. The highest BCUT2D eigenvalue weighted by Gasteiger charge is 2.15. The Labute approximate surface area is 106 Å². The van der Waals surface area contributed by atoms with E-state index in [9.17, 15) is 14.9 Å². The van der Waals surface area contributed by atoms with Crippen molar-refractivity contribution in [2.45, 2.75) is 39.5 Å². The van der Waals surface area contributed by atoms with E-state index in [1.807, 2.05) is 6.07 Å². The summed E-state index contributed by atoms with van der Waals surface area (Å²) >= 11 is 0. The molecule has 1 amide bonds. The topological polar surface area (TPSA) is 72.2 Å². The number of benzene rings is 1. The minimum absolute atomic E-state index is 0.0424. The lowest BCUT2D eigenvalue weighted by Crippen LogP contribution is -2.08. The number of amides is 1. The molecular weight excluding hydrogens is 232 g/mol. The number of hydrogen-bond acceptors (Lipinski definition) is 3. The normalized spacial score (nSPS) is 10.1. The third-order valence-corrected chi connectivity index (χ3v) is 2.64. The molecule has 0 fully saturated rings. The standard InChI is InChI=1S/C13H18N2O3/c1-3-4-5-6-11-7-8-12(14-10(2)16)13(9-11)15(17)18/h7-9H,3-6H2,1-2H3,(H,14,16). The summed E-state index contributed by atoms with van der Waals surface area (Å²) in [5.74, 6) is -0.308. The monoisotopic (exact) mass is 250 g/mol. The predicted molar refractivity (Wildman–Crippen MR) is 70.6 cm³/mol. The van der Waals surface area contributed by atoms with Crippen LogP contribution in [0.2, 0.25) is 0 Å². The molecule has 0 radical (unpaired) electrons. The summed E-state index contributed by atoms with van der Waals surface area (Å²) in [5.41, 5.74) is 1.15. The van der Waals surface area contributed by atoms with Gasteiger partial charge in [0.25, 0.3) is 5.69 Å². The van der Waals surface area contributed by atoms with E-state index >= 15 is 0 Å². The van der Waals surface area contributed by atoms with Gasteiger partial charge in [0, 0.05) is 13.0 Å². The van der Waals surface area contributed by atoms with Gasteiger partial charge in [-0.2, -0.15) is 0 Å². The van der Waals surface area contributed by atoms with Gasteiger partial charge in [0.1, 0.15) is 5.69 Å². The number of nitrogens with one attached hydrogen (secondary N) is 1. The van der Waals surface area contributed by atoms with Crippen LogP contribution >= 0.6 is 0 Å². The van der Waals surface area contributed by atoms with Gasteiger partial charge >= 0.3 is 0 Å². The molecule has 0 bridgehead atoms. The number of rotatable bonds is 6. The molecule has 1 aromatic carbocycles. The first-order chi connectivity index (χ1) is 8.54. The zero-order valence-electron chi connectivity index (χ0n) is 10.7.